The van der Waals surface area contributed by atoms with Crippen molar-refractivity contribution in [3.63, 3.8) is 0 Å². The third-order valence-corrected chi connectivity index (χ3v) is 6.14. The number of nitrogens with one attached hydrogen (secondary N) is 1. The van der Waals surface area contributed by atoms with Gasteiger partial charge in [0.05, 0.1) is 12.8 Å². The summed E-state index contributed by atoms with van der Waals surface area (Å²) < 4.78 is 16.8. The van der Waals surface area contributed by atoms with Crippen molar-refractivity contribution in [2.75, 3.05) is 13.2 Å². The van der Waals surface area contributed by atoms with Gasteiger partial charge in [0.1, 0.15) is 42.1 Å². The Balaban J connectivity index is 1.21. The normalized spacial score (nSPS) is 14.2. The highest BCUT2D eigenvalue weighted by Gasteiger charge is 2.15. The van der Waals surface area contributed by atoms with E-state index in [4.69, 9.17) is 13.9 Å². The first kappa shape index (κ1) is 24.2. The Kier molecular flexibility index (Phi) is 8.61. The Morgan fingerprint density at radius 3 is 2.23 bits per heavy atom. The van der Waals surface area contributed by atoms with Crippen LogP contribution in [-0.4, -0.2) is 19.1 Å². The van der Waals surface area contributed by atoms with Crippen molar-refractivity contribution in [3.8, 4) is 17.6 Å². The fourth-order valence-electron chi connectivity index (χ4n) is 4.24. The molecule has 0 aliphatic heterocycles. The van der Waals surface area contributed by atoms with Gasteiger partial charge in [-0.15, -0.1) is 0 Å². The molecular weight excluding hydrogens is 440 g/mol. The van der Waals surface area contributed by atoms with E-state index in [1.165, 1.54) is 43.9 Å². The van der Waals surface area contributed by atoms with Crippen molar-refractivity contribution in [1.29, 1.82) is 5.26 Å². The molecule has 1 aliphatic carbocycles. The Hall–Kier alpha value is -3.98. The van der Waals surface area contributed by atoms with Gasteiger partial charge in [-0.3, -0.25) is 4.79 Å². The lowest BCUT2D eigenvalue weighted by Gasteiger charge is -2.22. The first-order chi connectivity index (χ1) is 17.2. The predicted molar refractivity (Wildman–Crippen MR) is 134 cm³/mol. The van der Waals surface area contributed by atoms with Gasteiger partial charge >= 0.3 is 0 Å². The summed E-state index contributed by atoms with van der Waals surface area (Å²) >= 11 is 0. The van der Waals surface area contributed by atoms with Gasteiger partial charge in [-0.25, -0.2) is 0 Å². The number of hydrogen-bond donors (Lipinski definition) is 1. The number of amides is 1. The molecule has 6 heteroatoms. The van der Waals surface area contributed by atoms with Crippen LogP contribution < -0.4 is 14.8 Å². The van der Waals surface area contributed by atoms with E-state index < -0.39 is 5.91 Å². The van der Waals surface area contributed by atoms with Crippen LogP contribution in [0.25, 0.3) is 6.08 Å². The summed E-state index contributed by atoms with van der Waals surface area (Å²) in [6.07, 6.45) is 9.69. The van der Waals surface area contributed by atoms with E-state index in [0.29, 0.717) is 30.6 Å². The molecule has 1 amide bonds. The Morgan fingerprint density at radius 2 is 1.63 bits per heavy atom. The van der Waals surface area contributed by atoms with E-state index in [1.807, 2.05) is 18.2 Å². The van der Waals surface area contributed by atoms with Gasteiger partial charge in [-0.1, -0.05) is 43.5 Å². The second kappa shape index (κ2) is 12.5. The van der Waals surface area contributed by atoms with E-state index in [-0.39, 0.29) is 12.1 Å². The van der Waals surface area contributed by atoms with Gasteiger partial charge < -0.3 is 19.2 Å². The van der Waals surface area contributed by atoms with Crippen LogP contribution >= 0.6 is 0 Å². The fourth-order valence-corrected chi connectivity index (χ4v) is 4.24. The van der Waals surface area contributed by atoms with Crippen LogP contribution in [0.4, 0.5) is 0 Å². The number of benzene rings is 2. The van der Waals surface area contributed by atoms with Gasteiger partial charge in [0, 0.05) is 0 Å². The zero-order valence-electron chi connectivity index (χ0n) is 19.7. The summed E-state index contributed by atoms with van der Waals surface area (Å²) in [5, 5.41) is 12.0. The molecule has 0 radical (unpaired) electrons. The molecule has 0 saturated heterocycles. The Labute approximate surface area is 206 Å². The minimum Gasteiger partial charge on any atom is -0.490 e. The summed E-state index contributed by atoms with van der Waals surface area (Å²) in [6, 6.07) is 21.1. The third-order valence-electron chi connectivity index (χ3n) is 6.14. The molecule has 6 nitrogen and oxygen atoms in total. The van der Waals surface area contributed by atoms with E-state index in [2.05, 4.69) is 17.4 Å². The topological polar surface area (TPSA) is 84.5 Å². The van der Waals surface area contributed by atoms with Crippen LogP contribution in [0.2, 0.25) is 0 Å². The third kappa shape index (κ3) is 7.25. The van der Waals surface area contributed by atoms with Crippen LogP contribution in [-0.2, 0) is 11.3 Å². The van der Waals surface area contributed by atoms with E-state index in [0.717, 1.165) is 11.3 Å². The van der Waals surface area contributed by atoms with Gasteiger partial charge in [0.15, 0.2) is 0 Å². The highest BCUT2D eigenvalue weighted by atomic mass is 16.5. The van der Waals surface area contributed by atoms with E-state index >= 15 is 0 Å². The lowest BCUT2D eigenvalue weighted by molar-refractivity contribution is -0.117. The van der Waals surface area contributed by atoms with Crippen LogP contribution in [0.15, 0.2) is 76.9 Å². The molecule has 3 aromatic rings. The molecule has 180 valence electrons. The number of carbonyl (C=O) groups is 1. The molecular formula is C29H30N2O4. The number of ether oxygens (including phenoxy) is 2. The summed E-state index contributed by atoms with van der Waals surface area (Å²) in [5.74, 6) is 2.41. The lowest BCUT2D eigenvalue weighted by atomic mass is 9.84. The smallest absolute Gasteiger partial charge is 0.262 e. The first-order valence-corrected chi connectivity index (χ1v) is 12.1. The van der Waals surface area contributed by atoms with Crippen LogP contribution in [0.5, 0.6) is 11.5 Å². The highest BCUT2D eigenvalue weighted by molar-refractivity contribution is 6.01. The van der Waals surface area contributed by atoms with Crippen LogP contribution in [0.1, 0.15) is 54.9 Å². The lowest BCUT2D eigenvalue weighted by Crippen LogP contribution is -2.23. The fraction of sp³-hybridized carbons (Fsp3) is 0.310. The SMILES string of the molecule is N#CC(=Cc1ccc(OCCOc2ccc(C3CCCCC3)cc2)cc1)C(=O)NCc1ccco1. The monoisotopic (exact) mass is 470 g/mol. The Morgan fingerprint density at radius 1 is 0.971 bits per heavy atom. The predicted octanol–water partition coefficient (Wildman–Crippen LogP) is 6.01. The van der Waals surface area contributed by atoms with Gasteiger partial charge in [0.25, 0.3) is 5.91 Å². The number of nitriles is 1. The second-order valence-electron chi connectivity index (χ2n) is 8.60. The van der Waals surface area contributed by atoms with Gasteiger partial charge in [-0.2, -0.15) is 5.26 Å². The highest BCUT2D eigenvalue weighted by Crippen LogP contribution is 2.33. The molecule has 2 aromatic carbocycles. The molecule has 1 heterocycles. The van der Waals surface area contributed by atoms with Crippen molar-refractivity contribution in [3.05, 3.63) is 89.4 Å². The summed E-state index contributed by atoms with van der Waals surface area (Å²) in [7, 11) is 0. The molecule has 0 unspecified atom stereocenters. The summed E-state index contributed by atoms with van der Waals surface area (Å²) in [5.41, 5.74) is 2.17. The van der Waals surface area contributed by atoms with Crippen molar-refractivity contribution >= 4 is 12.0 Å². The van der Waals surface area contributed by atoms with Crippen molar-refractivity contribution < 1.29 is 18.7 Å². The van der Waals surface area contributed by atoms with Crippen LogP contribution in [0, 0.1) is 11.3 Å². The minimum absolute atomic E-state index is 0.0214. The second-order valence-corrected chi connectivity index (χ2v) is 8.60. The molecule has 35 heavy (non-hydrogen) atoms. The van der Waals surface area contributed by atoms with Gasteiger partial charge in [0.2, 0.25) is 0 Å². The molecule has 1 fully saturated rings. The zero-order valence-corrected chi connectivity index (χ0v) is 19.7. The quantitative estimate of drug-likeness (QED) is 0.223. The van der Waals surface area contributed by atoms with E-state index in [1.54, 1.807) is 42.5 Å². The number of hydrogen-bond acceptors (Lipinski definition) is 5. The van der Waals surface area contributed by atoms with Crippen molar-refractivity contribution in [2.24, 2.45) is 0 Å². The number of nitrogens with zero attached hydrogens (tertiary/aromatic N) is 1. The minimum atomic E-state index is -0.451. The summed E-state index contributed by atoms with van der Waals surface area (Å²) in [4.78, 5) is 12.2. The molecule has 0 atom stereocenters. The van der Waals surface area contributed by atoms with Crippen molar-refractivity contribution in [2.45, 2.75) is 44.6 Å². The zero-order chi connectivity index (χ0) is 24.3. The maximum absolute atomic E-state index is 12.2. The number of carbonyl (C=O) groups excluding carboxylic acids is 1. The van der Waals surface area contributed by atoms with Crippen LogP contribution in [0.3, 0.4) is 0 Å². The van der Waals surface area contributed by atoms with Gasteiger partial charge in [-0.05, 0) is 72.4 Å². The molecule has 1 aliphatic rings. The largest absolute Gasteiger partial charge is 0.490 e. The molecule has 0 spiro atoms. The molecule has 4 rings (SSSR count). The maximum Gasteiger partial charge on any atom is 0.262 e. The standard InChI is InChI=1S/C29H30N2O4/c30-20-25(29(32)31-21-28-7-4-16-33-28)19-22-8-12-26(13-9-22)34-17-18-35-27-14-10-24(11-15-27)23-5-2-1-3-6-23/h4,7-16,19,23H,1-3,5-6,17-18,21H2,(H,31,32). The molecule has 1 N–H and O–H groups in total. The average molecular weight is 471 g/mol. The first-order valence-electron chi connectivity index (χ1n) is 12.1. The molecule has 0 bridgehead atoms. The number of furan rings is 1. The number of rotatable bonds is 10. The Bertz CT molecular complexity index is 1140. The van der Waals surface area contributed by atoms with Crippen molar-refractivity contribution in [1.82, 2.24) is 5.32 Å². The maximum atomic E-state index is 12.2. The molecule has 1 saturated carbocycles. The average Bonchev–Trinajstić information content (AvgIpc) is 3.44. The van der Waals surface area contributed by atoms with E-state index in [9.17, 15) is 10.1 Å². The molecule has 1 aromatic heterocycles. The summed E-state index contributed by atoms with van der Waals surface area (Å²) in [6.45, 7) is 1.08.